The minimum Gasteiger partial charge on any atom is -0.382 e. The van der Waals surface area contributed by atoms with E-state index in [1.54, 1.807) is 7.11 Å². The topological polar surface area (TPSA) is 27.7 Å². The zero-order valence-electron chi connectivity index (χ0n) is 10.4. The average molecular weight is 214 g/mol. The number of rotatable bonds is 4. The molecule has 0 aromatic rings. The quantitative estimate of drug-likeness (QED) is 0.673. The largest absolute Gasteiger partial charge is 0.382 e. The summed E-state index contributed by atoms with van der Waals surface area (Å²) in [6.45, 7) is 8.59. The van der Waals surface area contributed by atoms with E-state index in [1.165, 1.54) is 0 Å². The summed E-state index contributed by atoms with van der Waals surface area (Å²) < 4.78 is 17.1. The second kappa shape index (κ2) is 4.64. The van der Waals surface area contributed by atoms with Gasteiger partial charge in [0.25, 0.3) is 0 Å². The van der Waals surface area contributed by atoms with Crippen molar-refractivity contribution < 1.29 is 14.2 Å². The first-order chi connectivity index (χ1) is 6.99. The molecule has 88 valence electrons. The SMILES string of the molecule is CC=CC1OC(C)(CC)OC1(C)COC. The molecule has 0 aromatic carbocycles. The van der Waals surface area contributed by atoms with Crippen LogP contribution < -0.4 is 0 Å². The van der Waals surface area contributed by atoms with Crippen molar-refractivity contribution in [3.05, 3.63) is 12.2 Å². The molecule has 0 aromatic heterocycles. The molecule has 1 rings (SSSR count). The second-order valence-electron chi connectivity index (χ2n) is 4.40. The van der Waals surface area contributed by atoms with Crippen LogP contribution in [0.4, 0.5) is 0 Å². The van der Waals surface area contributed by atoms with Gasteiger partial charge >= 0.3 is 0 Å². The van der Waals surface area contributed by atoms with Crippen LogP contribution in [0.5, 0.6) is 0 Å². The van der Waals surface area contributed by atoms with Crippen molar-refractivity contribution in [1.82, 2.24) is 0 Å². The van der Waals surface area contributed by atoms with Crippen LogP contribution in [0, 0.1) is 0 Å². The number of hydrogen-bond acceptors (Lipinski definition) is 3. The van der Waals surface area contributed by atoms with Gasteiger partial charge in [0, 0.05) is 7.11 Å². The highest BCUT2D eigenvalue weighted by Crippen LogP contribution is 2.39. The first-order valence-electron chi connectivity index (χ1n) is 5.49. The Bertz CT molecular complexity index is 239. The minimum atomic E-state index is -0.489. The van der Waals surface area contributed by atoms with Gasteiger partial charge in [-0.15, -0.1) is 0 Å². The van der Waals surface area contributed by atoms with E-state index < -0.39 is 5.79 Å². The molecule has 0 amide bonds. The molecule has 3 unspecified atom stereocenters. The Labute approximate surface area is 92.4 Å². The van der Waals surface area contributed by atoms with Gasteiger partial charge in [-0.25, -0.2) is 0 Å². The molecule has 1 heterocycles. The Kier molecular flexibility index (Phi) is 3.93. The molecular weight excluding hydrogens is 192 g/mol. The first-order valence-corrected chi connectivity index (χ1v) is 5.49. The van der Waals surface area contributed by atoms with Gasteiger partial charge in [0.1, 0.15) is 11.7 Å². The number of allylic oxidation sites excluding steroid dienone is 1. The van der Waals surface area contributed by atoms with Gasteiger partial charge in [0.05, 0.1) is 6.61 Å². The summed E-state index contributed by atoms with van der Waals surface area (Å²) in [6.07, 6.45) is 4.82. The first kappa shape index (κ1) is 12.7. The molecule has 1 saturated heterocycles. The van der Waals surface area contributed by atoms with E-state index in [-0.39, 0.29) is 11.7 Å². The van der Waals surface area contributed by atoms with E-state index in [0.717, 1.165) is 6.42 Å². The van der Waals surface area contributed by atoms with Gasteiger partial charge in [-0.05, 0) is 27.2 Å². The van der Waals surface area contributed by atoms with Crippen LogP contribution in [0.3, 0.4) is 0 Å². The van der Waals surface area contributed by atoms with E-state index in [9.17, 15) is 0 Å². The van der Waals surface area contributed by atoms with Crippen LogP contribution >= 0.6 is 0 Å². The zero-order chi connectivity index (χ0) is 11.5. The summed E-state index contributed by atoms with van der Waals surface area (Å²) in [4.78, 5) is 0. The summed E-state index contributed by atoms with van der Waals surface area (Å²) in [5.41, 5.74) is -0.383. The third-order valence-corrected chi connectivity index (χ3v) is 2.87. The Morgan fingerprint density at radius 1 is 1.40 bits per heavy atom. The fourth-order valence-corrected chi connectivity index (χ4v) is 1.94. The van der Waals surface area contributed by atoms with E-state index in [0.29, 0.717) is 6.61 Å². The van der Waals surface area contributed by atoms with Gasteiger partial charge in [0.15, 0.2) is 5.79 Å². The minimum absolute atomic E-state index is 0.0348. The van der Waals surface area contributed by atoms with Gasteiger partial charge < -0.3 is 14.2 Å². The molecule has 1 aliphatic heterocycles. The van der Waals surface area contributed by atoms with Crippen LogP contribution in [0.1, 0.15) is 34.1 Å². The van der Waals surface area contributed by atoms with Gasteiger partial charge in [-0.2, -0.15) is 0 Å². The standard InChI is InChI=1S/C12H22O3/c1-6-8-10-11(3,9-13-5)15-12(4,7-2)14-10/h6,8,10H,7,9H2,1-5H3. The molecule has 3 atom stereocenters. The fraction of sp³-hybridized carbons (Fsp3) is 0.833. The van der Waals surface area contributed by atoms with Crippen molar-refractivity contribution in [2.24, 2.45) is 0 Å². The maximum absolute atomic E-state index is 5.99. The van der Waals surface area contributed by atoms with Crippen LogP contribution in [0.25, 0.3) is 0 Å². The van der Waals surface area contributed by atoms with Crippen molar-refractivity contribution in [1.29, 1.82) is 0 Å². The summed E-state index contributed by atoms with van der Waals surface area (Å²) in [5, 5.41) is 0. The predicted octanol–water partition coefficient (Wildman–Crippen LogP) is 2.51. The molecule has 1 fully saturated rings. The van der Waals surface area contributed by atoms with Crippen molar-refractivity contribution in [3.63, 3.8) is 0 Å². The molecule has 0 radical (unpaired) electrons. The van der Waals surface area contributed by atoms with Gasteiger partial charge in [-0.1, -0.05) is 19.1 Å². The van der Waals surface area contributed by atoms with Gasteiger partial charge in [-0.3, -0.25) is 0 Å². The molecule has 3 nitrogen and oxygen atoms in total. The summed E-state index contributed by atoms with van der Waals surface area (Å²) in [7, 11) is 1.68. The third-order valence-electron chi connectivity index (χ3n) is 2.87. The average Bonchev–Trinajstić information content (AvgIpc) is 2.41. The summed E-state index contributed by atoms with van der Waals surface area (Å²) in [5.74, 6) is -0.489. The van der Waals surface area contributed by atoms with Crippen LogP contribution in [-0.2, 0) is 14.2 Å². The lowest BCUT2D eigenvalue weighted by Crippen LogP contribution is -2.40. The molecule has 15 heavy (non-hydrogen) atoms. The van der Waals surface area contributed by atoms with Crippen molar-refractivity contribution in [2.45, 2.75) is 51.6 Å². The second-order valence-corrected chi connectivity index (χ2v) is 4.40. The maximum Gasteiger partial charge on any atom is 0.167 e. The van der Waals surface area contributed by atoms with Crippen LogP contribution in [0.2, 0.25) is 0 Å². The van der Waals surface area contributed by atoms with Crippen molar-refractivity contribution in [2.75, 3.05) is 13.7 Å². The number of ether oxygens (including phenoxy) is 3. The third kappa shape index (κ3) is 2.60. The Balaban J connectivity index is 2.84. The Hall–Kier alpha value is -0.380. The normalized spacial score (nSPS) is 41.5. The molecule has 0 N–H and O–H groups in total. The Morgan fingerprint density at radius 3 is 2.53 bits per heavy atom. The van der Waals surface area contributed by atoms with Crippen LogP contribution in [0.15, 0.2) is 12.2 Å². The van der Waals surface area contributed by atoms with E-state index in [1.807, 2.05) is 32.9 Å². The fourth-order valence-electron chi connectivity index (χ4n) is 1.94. The number of methoxy groups -OCH3 is 1. The molecule has 0 saturated carbocycles. The Morgan fingerprint density at radius 2 is 2.07 bits per heavy atom. The van der Waals surface area contributed by atoms with Crippen molar-refractivity contribution in [3.8, 4) is 0 Å². The monoisotopic (exact) mass is 214 g/mol. The summed E-state index contributed by atoms with van der Waals surface area (Å²) in [6, 6.07) is 0. The number of hydrogen-bond donors (Lipinski definition) is 0. The molecule has 0 spiro atoms. The lowest BCUT2D eigenvalue weighted by Gasteiger charge is -2.27. The molecule has 3 heteroatoms. The van der Waals surface area contributed by atoms with Crippen molar-refractivity contribution >= 4 is 0 Å². The predicted molar refractivity (Wildman–Crippen MR) is 59.7 cm³/mol. The lowest BCUT2D eigenvalue weighted by atomic mass is 10.0. The molecule has 1 aliphatic rings. The van der Waals surface area contributed by atoms with Gasteiger partial charge in [0.2, 0.25) is 0 Å². The van der Waals surface area contributed by atoms with Crippen LogP contribution in [-0.4, -0.2) is 31.2 Å². The highest BCUT2D eigenvalue weighted by Gasteiger charge is 2.50. The highest BCUT2D eigenvalue weighted by molar-refractivity contribution is 5.04. The molecular formula is C12H22O3. The lowest BCUT2D eigenvalue weighted by molar-refractivity contribution is -0.181. The van der Waals surface area contributed by atoms with E-state index in [2.05, 4.69) is 6.92 Å². The van der Waals surface area contributed by atoms with E-state index in [4.69, 9.17) is 14.2 Å². The van der Waals surface area contributed by atoms with E-state index >= 15 is 0 Å². The zero-order valence-corrected chi connectivity index (χ0v) is 10.4. The molecule has 0 bridgehead atoms. The maximum atomic E-state index is 5.99. The summed E-state index contributed by atoms with van der Waals surface area (Å²) >= 11 is 0. The molecule has 0 aliphatic carbocycles. The smallest absolute Gasteiger partial charge is 0.167 e. The highest BCUT2D eigenvalue weighted by atomic mass is 16.8.